The number of hydrogen-bond acceptors (Lipinski definition) is 3. The largest absolute Gasteiger partial charge is 0.328 e. The molecule has 5 heteroatoms. The zero-order valence-corrected chi connectivity index (χ0v) is 16.6. The maximum atomic E-state index is 12.5. The fourth-order valence-electron chi connectivity index (χ4n) is 3.13. The normalized spacial score (nSPS) is 17.4. The van der Waals surface area contributed by atoms with E-state index in [4.69, 9.17) is 0 Å². The Balaban J connectivity index is 1.70. The van der Waals surface area contributed by atoms with E-state index in [0.717, 1.165) is 30.3 Å². The number of hydrogen-bond donors (Lipinski definition) is 2. The summed E-state index contributed by atoms with van der Waals surface area (Å²) in [7, 11) is 0. The van der Waals surface area contributed by atoms with Crippen LogP contribution in [0, 0.1) is 0 Å². The Morgan fingerprint density at radius 3 is 2.52 bits per heavy atom. The van der Waals surface area contributed by atoms with Crippen LogP contribution in [0.3, 0.4) is 0 Å². The number of fused-ring (bicyclic) bond motifs is 1. The number of quaternary nitrogens is 1. The summed E-state index contributed by atoms with van der Waals surface area (Å²) in [6, 6.07) is 8.48. The maximum absolute atomic E-state index is 12.5. The number of rotatable bonds is 3. The SMILES string of the molecule is CC(C)[NH+]1CCc2nc(NC(=O)c3ccc(C(C)(C)C)cc3)sc2C1. The molecule has 4 nitrogen and oxygen atoms in total. The van der Waals surface area contributed by atoms with Gasteiger partial charge in [-0.25, -0.2) is 4.98 Å². The van der Waals surface area contributed by atoms with Gasteiger partial charge in [-0.2, -0.15) is 0 Å². The van der Waals surface area contributed by atoms with Crippen molar-refractivity contribution in [2.75, 3.05) is 11.9 Å². The molecule has 0 aliphatic carbocycles. The average Bonchev–Trinajstić information content (AvgIpc) is 2.95. The molecule has 0 spiro atoms. The average molecular weight is 359 g/mol. The molecule has 1 aliphatic heterocycles. The minimum absolute atomic E-state index is 0.0837. The van der Waals surface area contributed by atoms with Gasteiger partial charge in [0, 0.05) is 12.0 Å². The fraction of sp³-hybridized carbons (Fsp3) is 0.500. The number of aromatic nitrogens is 1. The summed E-state index contributed by atoms with van der Waals surface area (Å²) >= 11 is 1.62. The molecular formula is C20H28N3OS+. The predicted molar refractivity (Wildman–Crippen MR) is 104 cm³/mol. The van der Waals surface area contributed by atoms with Gasteiger partial charge in [0.05, 0.1) is 23.2 Å². The smallest absolute Gasteiger partial charge is 0.257 e. The third kappa shape index (κ3) is 4.10. The van der Waals surface area contributed by atoms with Crippen molar-refractivity contribution < 1.29 is 9.69 Å². The van der Waals surface area contributed by atoms with Crippen LogP contribution in [0.4, 0.5) is 5.13 Å². The molecule has 0 saturated heterocycles. The minimum atomic E-state index is -0.0837. The van der Waals surface area contributed by atoms with Crippen LogP contribution in [0.25, 0.3) is 0 Å². The molecule has 1 aliphatic rings. The van der Waals surface area contributed by atoms with Gasteiger partial charge in [-0.3, -0.25) is 10.1 Å². The summed E-state index contributed by atoms with van der Waals surface area (Å²) in [4.78, 5) is 20.1. The number of nitrogens with zero attached hydrogens (tertiary/aromatic N) is 1. The van der Waals surface area contributed by atoms with Crippen molar-refractivity contribution >= 4 is 22.4 Å². The summed E-state index contributed by atoms with van der Waals surface area (Å²) in [5, 5.41) is 3.70. The first-order chi connectivity index (χ1) is 11.7. The van der Waals surface area contributed by atoms with Crippen LogP contribution in [-0.2, 0) is 18.4 Å². The second-order valence-corrected chi connectivity index (χ2v) is 9.24. The van der Waals surface area contributed by atoms with E-state index in [-0.39, 0.29) is 11.3 Å². The Kier molecular flexibility index (Phi) is 4.98. The van der Waals surface area contributed by atoms with Crippen LogP contribution in [0.5, 0.6) is 0 Å². The van der Waals surface area contributed by atoms with Crippen LogP contribution in [0.15, 0.2) is 24.3 Å². The molecule has 2 aromatic rings. The molecule has 25 heavy (non-hydrogen) atoms. The summed E-state index contributed by atoms with van der Waals surface area (Å²) in [5.41, 5.74) is 3.16. The summed E-state index contributed by atoms with van der Waals surface area (Å²) in [6.45, 7) is 13.2. The van der Waals surface area contributed by atoms with Gasteiger partial charge in [-0.1, -0.05) is 44.2 Å². The van der Waals surface area contributed by atoms with Gasteiger partial charge in [0.2, 0.25) is 0 Å². The van der Waals surface area contributed by atoms with Crippen LogP contribution in [0.2, 0.25) is 0 Å². The van der Waals surface area contributed by atoms with Gasteiger partial charge in [0.1, 0.15) is 6.54 Å². The molecular weight excluding hydrogens is 330 g/mol. The maximum Gasteiger partial charge on any atom is 0.257 e. The van der Waals surface area contributed by atoms with E-state index in [9.17, 15) is 4.79 Å². The molecule has 2 heterocycles. The summed E-state index contributed by atoms with van der Waals surface area (Å²) in [6.07, 6.45) is 0.996. The Labute approximate surface area is 154 Å². The lowest BCUT2D eigenvalue weighted by Gasteiger charge is -2.26. The second kappa shape index (κ2) is 6.89. The van der Waals surface area contributed by atoms with Crippen molar-refractivity contribution in [3.63, 3.8) is 0 Å². The van der Waals surface area contributed by atoms with Gasteiger partial charge < -0.3 is 4.90 Å². The number of amides is 1. The summed E-state index contributed by atoms with van der Waals surface area (Å²) in [5.74, 6) is -0.0837. The highest BCUT2D eigenvalue weighted by molar-refractivity contribution is 7.15. The van der Waals surface area contributed by atoms with E-state index >= 15 is 0 Å². The minimum Gasteiger partial charge on any atom is -0.328 e. The van der Waals surface area contributed by atoms with E-state index in [1.807, 2.05) is 24.3 Å². The number of thiazole rings is 1. The Bertz CT molecular complexity index is 756. The molecule has 0 saturated carbocycles. The van der Waals surface area contributed by atoms with Crippen molar-refractivity contribution in [2.45, 2.75) is 59.0 Å². The first-order valence-corrected chi connectivity index (χ1v) is 9.81. The van der Waals surface area contributed by atoms with E-state index in [1.54, 1.807) is 16.2 Å². The van der Waals surface area contributed by atoms with Gasteiger partial charge in [-0.15, -0.1) is 0 Å². The molecule has 134 valence electrons. The lowest BCUT2D eigenvalue weighted by Crippen LogP contribution is -3.14. The molecule has 0 bridgehead atoms. The highest BCUT2D eigenvalue weighted by atomic mass is 32.1. The van der Waals surface area contributed by atoms with E-state index in [1.165, 1.54) is 10.4 Å². The van der Waals surface area contributed by atoms with Crippen molar-refractivity contribution in [2.24, 2.45) is 0 Å². The second-order valence-electron chi connectivity index (χ2n) is 8.16. The van der Waals surface area contributed by atoms with Gasteiger partial charge in [-0.05, 0) is 37.0 Å². The molecule has 0 fully saturated rings. The number of carbonyl (C=O) groups excluding carboxylic acids is 1. The molecule has 1 amide bonds. The van der Waals surface area contributed by atoms with Gasteiger partial charge in [0.25, 0.3) is 5.91 Å². The highest BCUT2D eigenvalue weighted by Gasteiger charge is 2.25. The van der Waals surface area contributed by atoms with Crippen LogP contribution < -0.4 is 10.2 Å². The number of benzene rings is 1. The van der Waals surface area contributed by atoms with Gasteiger partial charge in [0.15, 0.2) is 5.13 Å². The third-order valence-corrected chi connectivity index (χ3v) is 5.91. The molecule has 3 rings (SSSR count). The van der Waals surface area contributed by atoms with Crippen molar-refractivity contribution in [1.29, 1.82) is 0 Å². The molecule has 2 N–H and O–H groups in total. The monoisotopic (exact) mass is 358 g/mol. The third-order valence-electron chi connectivity index (χ3n) is 4.90. The van der Waals surface area contributed by atoms with E-state index in [2.05, 4.69) is 44.9 Å². The first-order valence-electron chi connectivity index (χ1n) is 8.99. The van der Waals surface area contributed by atoms with Gasteiger partial charge >= 0.3 is 0 Å². The Morgan fingerprint density at radius 2 is 1.92 bits per heavy atom. The first kappa shape index (κ1) is 18.1. The standard InChI is InChI=1S/C20H27N3OS/c1-13(2)23-11-10-16-17(12-23)25-19(21-16)22-18(24)14-6-8-15(9-7-14)20(3,4)5/h6-9,13H,10-12H2,1-5H3,(H,21,22,24)/p+1. The fourth-order valence-corrected chi connectivity index (χ4v) is 4.18. The zero-order chi connectivity index (χ0) is 18.2. The van der Waals surface area contributed by atoms with Crippen molar-refractivity contribution in [1.82, 2.24) is 4.98 Å². The number of carbonyl (C=O) groups is 1. The van der Waals surface area contributed by atoms with Crippen LogP contribution in [-0.4, -0.2) is 23.5 Å². The molecule has 0 radical (unpaired) electrons. The summed E-state index contributed by atoms with van der Waals surface area (Å²) < 4.78 is 0. The van der Waals surface area contributed by atoms with Crippen LogP contribution >= 0.6 is 11.3 Å². The van der Waals surface area contributed by atoms with Crippen molar-refractivity contribution in [3.05, 3.63) is 46.0 Å². The molecule has 1 atom stereocenters. The molecule has 1 unspecified atom stereocenters. The lowest BCUT2D eigenvalue weighted by molar-refractivity contribution is -0.936. The highest BCUT2D eigenvalue weighted by Crippen LogP contribution is 2.26. The van der Waals surface area contributed by atoms with E-state index in [0.29, 0.717) is 11.6 Å². The topological polar surface area (TPSA) is 46.4 Å². The number of nitrogens with one attached hydrogen (secondary N) is 2. The van der Waals surface area contributed by atoms with Crippen LogP contribution in [0.1, 0.15) is 61.1 Å². The Morgan fingerprint density at radius 1 is 1.24 bits per heavy atom. The lowest BCUT2D eigenvalue weighted by atomic mass is 9.87. The van der Waals surface area contributed by atoms with Crippen molar-refractivity contribution in [3.8, 4) is 0 Å². The number of anilines is 1. The zero-order valence-electron chi connectivity index (χ0n) is 15.8. The Hall–Kier alpha value is -1.72. The molecule has 1 aromatic heterocycles. The molecule has 1 aromatic carbocycles. The predicted octanol–water partition coefficient (Wildman–Crippen LogP) is 3.04. The quantitative estimate of drug-likeness (QED) is 0.886. The van der Waals surface area contributed by atoms with E-state index < -0.39 is 0 Å².